The van der Waals surface area contributed by atoms with Gasteiger partial charge in [0.15, 0.2) is 0 Å². The number of benzene rings is 5. The Labute approximate surface area is 342 Å². The summed E-state index contributed by atoms with van der Waals surface area (Å²) in [7, 11) is 0. The summed E-state index contributed by atoms with van der Waals surface area (Å²) in [4.78, 5) is 14.1. The molecule has 0 radical (unpaired) electrons. The summed E-state index contributed by atoms with van der Waals surface area (Å²) in [6.07, 6.45) is -20.6. The van der Waals surface area contributed by atoms with E-state index in [0.717, 1.165) is 47.0 Å². The quantitative estimate of drug-likeness (QED) is 0.118. The molecule has 0 spiro atoms. The molecule has 7 rings (SSSR count). The monoisotopic (exact) mass is 867 g/mol. The van der Waals surface area contributed by atoms with Crippen LogP contribution in [0.25, 0.3) is 70.8 Å². The topological polar surface area (TPSA) is 49.8 Å². The van der Waals surface area contributed by atoms with Gasteiger partial charge in [-0.2, -0.15) is 52.7 Å². The number of anilines is 2. The summed E-state index contributed by atoms with van der Waals surface area (Å²) >= 11 is 0. The van der Waals surface area contributed by atoms with E-state index in [4.69, 9.17) is 0 Å². The Morgan fingerprint density at radius 1 is 0.532 bits per heavy atom. The molecule has 0 amide bonds. The molecule has 0 aliphatic carbocycles. The van der Waals surface area contributed by atoms with Crippen LogP contribution >= 0.6 is 0 Å². The first-order chi connectivity index (χ1) is 28.8. The molecule has 62 heavy (non-hydrogen) atoms. The zero-order valence-electron chi connectivity index (χ0n) is 31.7. The van der Waals surface area contributed by atoms with Crippen LogP contribution in [-0.2, 0) is 17.8 Å². The van der Waals surface area contributed by atoms with Gasteiger partial charge in [-0.1, -0.05) is 75.4 Å². The Kier molecular flexibility index (Phi) is 10.2. The van der Waals surface area contributed by atoms with Crippen molar-refractivity contribution in [2.75, 3.05) is 5.32 Å². The number of hydrogen-bond acceptors (Lipinski definition) is 2. The van der Waals surface area contributed by atoms with Crippen molar-refractivity contribution in [3.05, 3.63) is 152 Å². The van der Waals surface area contributed by atoms with E-state index >= 15 is 26.3 Å². The van der Waals surface area contributed by atoms with Crippen molar-refractivity contribution >= 4 is 71.6 Å². The van der Waals surface area contributed by atoms with Crippen molar-refractivity contribution in [1.82, 2.24) is 9.55 Å². The lowest BCUT2D eigenvalue weighted by atomic mass is 9.72. The fourth-order valence-corrected chi connectivity index (χ4v) is 7.91. The SMILES string of the molecule is C=Cc1cc(C=O)cc(Nc2ccc(-c3ccc(-n4c(=C)c5ccc(C(c6ccc7c(=C)[nH]c(=C)c7c6)(C(F)(F)F)C(F)(F)F)cc5c4=C)cc3C(F)(F)F)c(C(F)(F)F)c2)c1. The predicted molar refractivity (Wildman–Crippen MR) is 216 cm³/mol. The molecule has 7 aromatic rings. The number of hydrogen-bond donors (Lipinski definition) is 2. The molecule has 0 saturated carbocycles. The van der Waals surface area contributed by atoms with Crippen molar-refractivity contribution in [1.29, 1.82) is 0 Å². The van der Waals surface area contributed by atoms with Crippen LogP contribution in [0.5, 0.6) is 0 Å². The highest BCUT2D eigenvalue weighted by atomic mass is 19.4. The van der Waals surface area contributed by atoms with Gasteiger partial charge in [-0.15, -0.1) is 0 Å². The van der Waals surface area contributed by atoms with Crippen molar-refractivity contribution in [3.63, 3.8) is 0 Å². The Morgan fingerprint density at radius 3 is 1.61 bits per heavy atom. The zero-order chi connectivity index (χ0) is 45.5. The minimum atomic E-state index is -6.01. The average Bonchev–Trinajstić information content (AvgIpc) is 3.61. The highest BCUT2D eigenvalue weighted by molar-refractivity contribution is 5.88. The van der Waals surface area contributed by atoms with E-state index in [1.807, 2.05) is 0 Å². The molecule has 0 saturated heterocycles. The third-order valence-corrected chi connectivity index (χ3v) is 10.7. The van der Waals surface area contributed by atoms with Crippen LogP contribution in [0, 0.1) is 0 Å². The molecular formula is C46H29F12N3O. The number of nitrogens with zero attached hydrogens (tertiary/aromatic N) is 1. The second-order valence-electron chi connectivity index (χ2n) is 14.4. The van der Waals surface area contributed by atoms with Gasteiger partial charge in [0.1, 0.15) is 6.29 Å². The summed E-state index contributed by atoms with van der Waals surface area (Å²) in [5.74, 6) is 0. The Balaban J connectivity index is 1.39. The molecule has 2 aromatic heterocycles. The first-order valence-corrected chi connectivity index (χ1v) is 18.0. The van der Waals surface area contributed by atoms with Gasteiger partial charge in [0.2, 0.25) is 5.41 Å². The molecule has 0 aliphatic rings. The molecule has 0 atom stereocenters. The molecule has 0 bridgehead atoms. The van der Waals surface area contributed by atoms with Crippen molar-refractivity contribution < 1.29 is 57.5 Å². The smallest absolute Gasteiger partial charge is 0.355 e. The van der Waals surface area contributed by atoms with Crippen LogP contribution in [0.3, 0.4) is 0 Å². The molecule has 4 nitrogen and oxygen atoms in total. The van der Waals surface area contributed by atoms with Gasteiger partial charge in [0.25, 0.3) is 0 Å². The minimum absolute atomic E-state index is 0.0213. The lowest BCUT2D eigenvalue weighted by Crippen LogP contribution is -2.54. The maximum atomic E-state index is 15.2. The van der Waals surface area contributed by atoms with Crippen molar-refractivity contribution in [2.45, 2.75) is 30.1 Å². The van der Waals surface area contributed by atoms with Crippen LogP contribution in [0.1, 0.15) is 38.2 Å². The van der Waals surface area contributed by atoms with Crippen molar-refractivity contribution in [3.8, 4) is 16.8 Å². The number of fused-ring (bicyclic) bond motifs is 2. The number of H-pyrrole nitrogens is 1. The molecule has 2 N–H and O–H groups in total. The standard InChI is InChI=1S/C46H29F12N3O/c1-6-27-15-28(22-62)17-32(16-27)60-31-9-13-36(40(20-31)43(47,48)49)37-14-10-33(21-41(37)44(50,51)52)61-25(4)35-12-8-30(19-39(35)26(61)5)42(45(53,54)55,46(56,57)58)29-7-11-34-23(2)59-24(3)38(34)18-29/h6-22,59-60H,1-5H2. The fraction of sp³-hybridized carbons (Fsp3) is 0.109. The third-order valence-electron chi connectivity index (χ3n) is 10.7. The maximum absolute atomic E-state index is 15.2. The van der Waals surface area contributed by atoms with E-state index in [-0.39, 0.29) is 59.9 Å². The molecule has 16 heteroatoms. The zero-order valence-corrected chi connectivity index (χ0v) is 31.7. The molecule has 318 valence electrons. The van der Waals surface area contributed by atoms with Crippen LogP contribution in [0.2, 0.25) is 0 Å². The number of alkyl halides is 12. The van der Waals surface area contributed by atoms with Gasteiger partial charge in [0, 0.05) is 65.6 Å². The number of aromatic amines is 1. The van der Waals surface area contributed by atoms with E-state index in [1.165, 1.54) is 24.3 Å². The summed E-state index contributed by atoms with van der Waals surface area (Å²) in [5.41, 5.74) is -11.7. The second kappa shape index (κ2) is 14.6. The van der Waals surface area contributed by atoms with Gasteiger partial charge < -0.3 is 14.9 Å². The number of halogens is 12. The van der Waals surface area contributed by atoms with Crippen LogP contribution in [0.4, 0.5) is 64.1 Å². The van der Waals surface area contributed by atoms with E-state index in [0.29, 0.717) is 42.2 Å². The van der Waals surface area contributed by atoms with E-state index in [2.05, 4.69) is 43.2 Å². The van der Waals surface area contributed by atoms with Gasteiger partial charge in [-0.25, -0.2) is 0 Å². The Hall–Kier alpha value is -6.97. The van der Waals surface area contributed by atoms with Gasteiger partial charge in [-0.05, 0) is 82.4 Å². The summed E-state index contributed by atoms with van der Waals surface area (Å²) < 4.78 is 181. The van der Waals surface area contributed by atoms with Crippen LogP contribution in [0.15, 0.2) is 97.6 Å². The van der Waals surface area contributed by atoms with E-state index < -0.39 is 69.2 Å². The van der Waals surface area contributed by atoms with Crippen LogP contribution in [-0.4, -0.2) is 28.2 Å². The number of carbonyl (C=O) groups excluding carboxylic acids is 1. The van der Waals surface area contributed by atoms with Crippen LogP contribution < -0.4 is 26.7 Å². The Bertz CT molecular complexity index is 3150. The van der Waals surface area contributed by atoms with Gasteiger partial charge in [-0.3, -0.25) is 4.79 Å². The normalized spacial score (nSPS) is 12.9. The molecular weight excluding hydrogens is 839 g/mol. The highest BCUT2D eigenvalue weighted by Gasteiger charge is 2.72. The summed E-state index contributed by atoms with van der Waals surface area (Å²) in [5, 5.41) is 2.19. The van der Waals surface area contributed by atoms with Gasteiger partial charge >= 0.3 is 24.7 Å². The lowest BCUT2D eigenvalue weighted by Gasteiger charge is -2.38. The lowest BCUT2D eigenvalue weighted by molar-refractivity contribution is -0.288. The van der Waals surface area contributed by atoms with Crippen molar-refractivity contribution in [2.24, 2.45) is 0 Å². The second-order valence-corrected chi connectivity index (χ2v) is 14.4. The minimum Gasteiger partial charge on any atom is -0.355 e. The average molecular weight is 868 g/mol. The summed E-state index contributed by atoms with van der Waals surface area (Å²) in [6, 6.07) is 13.6. The molecule has 2 heterocycles. The molecule has 0 aliphatic heterocycles. The molecule has 0 unspecified atom stereocenters. The summed E-state index contributed by atoms with van der Waals surface area (Å²) in [6.45, 7) is 18.6. The highest BCUT2D eigenvalue weighted by Crippen LogP contribution is 2.56. The third kappa shape index (κ3) is 7.02. The first-order valence-electron chi connectivity index (χ1n) is 18.0. The largest absolute Gasteiger partial charge is 0.417 e. The number of nitrogens with one attached hydrogen (secondary N) is 2. The number of aldehydes is 1. The van der Waals surface area contributed by atoms with E-state index in [1.54, 1.807) is 0 Å². The number of rotatable bonds is 8. The molecule has 0 fully saturated rings. The fourth-order valence-electron chi connectivity index (χ4n) is 7.91. The Morgan fingerprint density at radius 2 is 1.05 bits per heavy atom. The number of aromatic nitrogens is 2. The van der Waals surface area contributed by atoms with Gasteiger partial charge in [0.05, 0.1) is 11.1 Å². The predicted octanol–water partition coefficient (Wildman–Crippen LogP) is 11.1. The van der Waals surface area contributed by atoms with E-state index in [9.17, 15) is 31.1 Å². The number of carbonyl (C=O) groups is 1. The maximum Gasteiger partial charge on any atom is 0.417 e. The molecule has 5 aromatic carbocycles. The first kappa shape index (κ1) is 43.1.